The highest BCUT2D eigenvalue weighted by Gasteiger charge is 2.54. The van der Waals surface area contributed by atoms with Gasteiger partial charge in [-0.3, -0.25) is 9.59 Å². The van der Waals surface area contributed by atoms with Crippen molar-refractivity contribution in [2.24, 2.45) is 11.8 Å². The molecule has 0 unspecified atom stereocenters. The highest BCUT2D eigenvalue weighted by atomic mass is 35.5. The van der Waals surface area contributed by atoms with Crippen molar-refractivity contribution in [2.75, 3.05) is 0 Å². The number of carbonyl (C=O) groups is 2. The van der Waals surface area contributed by atoms with Crippen LogP contribution in [0.2, 0.25) is 20.1 Å². The Balaban J connectivity index is 1.60. The molecule has 8 heteroatoms. The quantitative estimate of drug-likeness (QED) is 0.194. The molecule has 0 aliphatic heterocycles. The third-order valence-electron chi connectivity index (χ3n) is 8.05. The molecule has 0 radical (unpaired) electrons. The summed E-state index contributed by atoms with van der Waals surface area (Å²) in [4.78, 5) is 31.1. The van der Waals surface area contributed by atoms with Gasteiger partial charge in [0.15, 0.2) is 0 Å². The van der Waals surface area contributed by atoms with Crippen LogP contribution in [0.4, 0.5) is 0 Å². The van der Waals surface area contributed by atoms with Crippen molar-refractivity contribution in [1.29, 1.82) is 0 Å². The third kappa shape index (κ3) is 3.40. The van der Waals surface area contributed by atoms with E-state index in [1.807, 2.05) is 12.1 Å². The Kier molecular flexibility index (Phi) is 5.84. The van der Waals surface area contributed by atoms with Crippen molar-refractivity contribution in [3.05, 3.63) is 76.4 Å². The summed E-state index contributed by atoms with van der Waals surface area (Å²) in [6.07, 6.45) is 1.76. The largest absolute Gasteiger partial charge is 0.288 e. The molecule has 0 saturated heterocycles. The minimum atomic E-state index is -0.386. The zero-order chi connectivity index (χ0) is 27.7. The van der Waals surface area contributed by atoms with Gasteiger partial charge in [0.25, 0.3) is 0 Å². The molecule has 2 aromatic carbocycles. The van der Waals surface area contributed by atoms with Crippen molar-refractivity contribution < 1.29 is 9.59 Å². The standard InChI is InChI=1S/C31H22Cl4O2S2/c1-11(2)9-31(10-12(3)4)23-21-13-5-17(32)19(34)7-15(13)25(36)27(21)38-29(23)30-24(31)22-14-6-18(33)20(35)8-16(14)26(37)28(22)39-30/h5-8,11-12H,9-10H2,1-4H3. The van der Waals surface area contributed by atoms with Gasteiger partial charge in [0.2, 0.25) is 11.6 Å². The number of hydrogen-bond donors (Lipinski definition) is 0. The fraction of sp³-hybridized carbons (Fsp3) is 0.290. The topological polar surface area (TPSA) is 34.1 Å². The number of halogens is 4. The number of rotatable bonds is 4. The van der Waals surface area contributed by atoms with E-state index in [0.717, 1.165) is 54.6 Å². The normalized spacial score (nSPS) is 15.6. The molecule has 2 aromatic heterocycles. The maximum atomic E-state index is 13.7. The fourth-order valence-corrected chi connectivity index (χ4v) is 10.6. The number of benzene rings is 2. The van der Waals surface area contributed by atoms with Gasteiger partial charge in [0, 0.05) is 27.7 Å². The second-order valence-electron chi connectivity index (χ2n) is 11.6. The van der Waals surface area contributed by atoms with Crippen LogP contribution in [0.3, 0.4) is 0 Å². The van der Waals surface area contributed by atoms with Crippen LogP contribution in [0.15, 0.2) is 24.3 Å². The summed E-state index contributed by atoms with van der Waals surface area (Å²) in [6.45, 7) is 8.96. The van der Waals surface area contributed by atoms with E-state index in [0.29, 0.717) is 43.1 Å². The summed E-state index contributed by atoms with van der Waals surface area (Å²) in [5.41, 5.74) is 6.95. The van der Waals surface area contributed by atoms with E-state index in [9.17, 15) is 9.59 Å². The Morgan fingerprint density at radius 2 is 0.923 bits per heavy atom. The molecular weight excluding hydrogens is 610 g/mol. The minimum Gasteiger partial charge on any atom is -0.288 e. The summed E-state index contributed by atoms with van der Waals surface area (Å²) >= 11 is 28.8. The van der Waals surface area contributed by atoms with Gasteiger partial charge >= 0.3 is 0 Å². The number of thiophene rings is 2. The smallest absolute Gasteiger partial charge is 0.204 e. The van der Waals surface area contributed by atoms with Crippen LogP contribution in [-0.4, -0.2) is 11.6 Å². The number of ketones is 2. The molecule has 39 heavy (non-hydrogen) atoms. The Hall–Kier alpha value is -1.66. The Morgan fingerprint density at radius 3 is 1.26 bits per heavy atom. The maximum absolute atomic E-state index is 13.7. The van der Waals surface area contributed by atoms with Crippen LogP contribution in [0.25, 0.3) is 32.0 Å². The third-order valence-corrected chi connectivity index (χ3v) is 12.0. The van der Waals surface area contributed by atoms with Crippen molar-refractivity contribution >= 4 is 80.6 Å². The van der Waals surface area contributed by atoms with Gasteiger partial charge in [0.05, 0.1) is 39.6 Å². The van der Waals surface area contributed by atoms with Crippen molar-refractivity contribution in [3.8, 4) is 32.0 Å². The first-order chi connectivity index (χ1) is 18.4. The first-order valence-electron chi connectivity index (χ1n) is 12.9. The molecule has 4 aromatic rings. The molecule has 0 saturated carbocycles. The lowest BCUT2D eigenvalue weighted by atomic mass is 9.66. The monoisotopic (exact) mass is 630 g/mol. The number of hydrogen-bond acceptors (Lipinski definition) is 4. The molecule has 0 amide bonds. The van der Waals surface area contributed by atoms with Crippen LogP contribution < -0.4 is 0 Å². The molecule has 0 fully saturated rings. The summed E-state index contributed by atoms with van der Waals surface area (Å²) in [6, 6.07) is 7.11. The van der Waals surface area contributed by atoms with E-state index < -0.39 is 0 Å². The van der Waals surface area contributed by atoms with E-state index in [2.05, 4.69) is 27.7 Å². The predicted octanol–water partition coefficient (Wildman–Crippen LogP) is 11.2. The molecular formula is C31H22Cl4O2S2. The molecule has 0 atom stereocenters. The number of carbonyl (C=O) groups excluding carboxylic acids is 2. The van der Waals surface area contributed by atoms with Gasteiger partial charge in [-0.05, 0) is 71.2 Å². The van der Waals surface area contributed by atoms with Crippen molar-refractivity contribution in [3.63, 3.8) is 0 Å². The Bertz CT molecular complexity index is 1680. The van der Waals surface area contributed by atoms with Crippen molar-refractivity contribution in [2.45, 2.75) is 46.0 Å². The lowest BCUT2D eigenvalue weighted by molar-refractivity contribution is 0.103. The SMILES string of the molecule is CC(C)CC1(CC(C)C)c2c(sc3c2-c2cc(Cl)c(Cl)cc2C3=O)-c2sc3c(c21)-c1cc(Cl)c(Cl)cc1C3=O. The first-order valence-corrected chi connectivity index (χ1v) is 16.0. The fourth-order valence-electron chi connectivity index (χ4n) is 7.07. The van der Waals surface area contributed by atoms with Crippen molar-refractivity contribution in [1.82, 2.24) is 0 Å². The van der Waals surface area contributed by atoms with Crippen LogP contribution in [0.1, 0.15) is 82.1 Å². The zero-order valence-electron chi connectivity index (χ0n) is 21.5. The van der Waals surface area contributed by atoms with Gasteiger partial charge in [-0.25, -0.2) is 0 Å². The highest BCUT2D eigenvalue weighted by Crippen LogP contribution is 2.68. The summed E-state index contributed by atoms with van der Waals surface area (Å²) in [5, 5.41) is 1.64. The average molecular weight is 632 g/mol. The van der Waals surface area contributed by atoms with E-state index in [1.54, 1.807) is 34.8 Å². The molecule has 0 bridgehead atoms. The molecule has 3 aliphatic carbocycles. The van der Waals surface area contributed by atoms with Gasteiger partial charge in [0.1, 0.15) is 0 Å². The summed E-state index contributed by atoms with van der Waals surface area (Å²) < 4.78 is 0. The summed E-state index contributed by atoms with van der Waals surface area (Å²) in [5.74, 6) is 0.720. The molecule has 7 rings (SSSR count). The van der Waals surface area contributed by atoms with E-state index in [-0.39, 0.29) is 17.0 Å². The minimum absolute atomic E-state index is 0.00514. The lowest BCUT2D eigenvalue weighted by Crippen LogP contribution is -2.30. The van der Waals surface area contributed by atoms with Crippen LogP contribution >= 0.6 is 69.1 Å². The van der Waals surface area contributed by atoms with Crippen LogP contribution in [0, 0.1) is 11.8 Å². The van der Waals surface area contributed by atoms with E-state index >= 15 is 0 Å². The summed E-state index contributed by atoms with van der Waals surface area (Å²) in [7, 11) is 0. The second-order valence-corrected chi connectivity index (χ2v) is 15.3. The van der Waals surface area contributed by atoms with Gasteiger partial charge in [-0.15, -0.1) is 22.7 Å². The van der Waals surface area contributed by atoms with E-state index in [4.69, 9.17) is 46.4 Å². The maximum Gasteiger partial charge on any atom is 0.204 e. The first kappa shape index (κ1) is 26.3. The number of fused-ring (bicyclic) bond motifs is 11. The van der Waals surface area contributed by atoms with Gasteiger partial charge < -0.3 is 0 Å². The van der Waals surface area contributed by atoms with Gasteiger partial charge in [-0.1, -0.05) is 74.1 Å². The molecule has 2 heterocycles. The van der Waals surface area contributed by atoms with Gasteiger partial charge in [-0.2, -0.15) is 0 Å². The second kappa shape index (κ2) is 8.67. The molecule has 3 aliphatic rings. The van der Waals surface area contributed by atoms with E-state index in [1.165, 1.54) is 11.1 Å². The van der Waals surface area contributed by atoms with Crippen LogP contribution in [0.5, 0.6) is 0 Å². The molecule has 198 valence electrons. The zero-order valence-corrected chi connectivity index (χ0v) is 26.2. The Labute approximate surface area is 254 Å². The Morgan fingerprint density at radius 1 is 0.590 bits per heavy atom. The molecule has 0 N–H and O–H groups in total. The molecule has 2 nitrogen and oxygen atoms in total. The predicted molar refractivity (Wildman–Crippen MR) is 165 cm³/mol. The average Bonchev–Trinajstić information content (AvgIpc) is 3.59. The lowest BCUT2D eigenvalue weighted by Gasteiger charge is -2.36. The molecule has 0 spiro atoms. The van der Waals surface area contributed by atoms with Crippen LogP contribution in [-0.2, 0) is 5.41 Å². The highest BCUT2D eigenvalue weighted by molar-refractivity contribution is 7.25.